The number of ether oxygens (including phenoxy) is 2. The maximum atomic E-state index is 12.6. The van der Waals surface area contributed by atoms with E-state index in [0.29, 0.717) is 31.1 Å². The van der Waals surface area contributed by atoms with Gasteiger partial charge < -0.3 is 9.47 Å². The summed E-state index contributed by atoms with van der Waals surface area (Å²) in [6, 6.07) is 17.7. The zero-order valence-corrected chi connectivity index (χ0v) is 17.2. The van der Waals surface area contributed by atoms with Gasteiger partial charge in [0, 0.05) is 0 Å². The lowest BCUT2D eigenvalue weighted by atomic mass is 9.88. The lowest BCUT2D eigenvalue weighted by Crippen LogP contribution is -2.27. The normalized spacial score (nSPS) is 22.2. The van der Waals surface area contributed by atoms with Crippen LogP contribution in [-0.2, 0) is 21.6 Å². The summed E-state index contributed by atoms with van der Waals surface area (Å²) in [5.74, 6) is 0.166. The van der Waals surface area contributed by atoms with Crippen molar-refractivity contribution in [2.45, 2.75) is 50.9 Å². The Hall–Kier alpha value is -2.99. The third kappa shape index (κ3) is 3.41. The Kier molecular flexibility index (Phi) is 4.66. The van der Waals surface area contributed by atoms with Gasteiger partial charge in [0.2, 0.25) is 0 Å². The van der Waals surface area contributed by atoms with Crippen LogP contribution in [0.4, 0.5) is 0 Å². The molecule has 2 heterocycles. The highest BCUT2D eigenvalue weighted by Gasteiger charge is 2.55. The van der Waals surface area contributed by atoms with Crippen LogP contribution in [0.3, 0.4) is 0 Å². The maximum Gasteiger partial charge on any atom is 0.338 e. The number of hydrogen-bond donors (Lipinski definition) is 0. The van der Waals surface area contributed by atoms with Crippen molar-refractivity contribution < 1.29 is 14.3 Å². The van der Waals surface area contributed by atoms with Crippen molar-refractivity contribution >= 4 is 5.97 Å². The standard InChI is InChI=1S/C24H25N3O3/c1-16(2)18-10-8-17(9-11-18)14-27-22-21(25-26-27)20(12-13-24(22)15-29-24)30-23(28)19-6-4-3-5-7-19/h3-11,16,20H,12-15H2,1-2H3/t20-,24+/m1/s1. The first kappa shape index (κ1) is 19.0. The van der Waals surface area contributed by atoms with Crippen molar-refractivity contribution in [1.82, 2.24) is 15.0 Å². The number of hydrogen-bond acceptors (Lipinski definition) is 5. The number of esters is 1. The smallest absolute Gasteiger partial charge is 0.338 e. The van der Waals surface area contributed by atoms with E-state index in [-0.39, 0.29) is 11.6 Å². The first-order valence-corrected chi connectivity index (χ1v) is 10.5. The molecule has 5 rings (SSSR count). The third-order valence-electron chi connectivity index (χ3n) is 6.04. The fourth-order valence-corrected chi connectivity index (χ4v) is 4.18. The van der Waals surface area contributed by atoms with Crippen LogP contribution in [-0.4, -0.2) is 27.6 Å². The van der Waals surface area contributed by atoms with E-state index in [1.807, 2.05) is 22.9 Å². The number of rotatable bonds is 5. The Morgan fingerprint density at radius 3 is 2.60 bits per heavy atom. The zero-order chi connectivity index (χ0) is 20.7. The van der Waals surface area contributed by atoms with Crippen molar-refractivity contribution in [1.29, 1.82) is 0 Å². The number of epoxide rings is 1. The van der Waals surface area contributed by atoms with Crippen LogP contribution in [0.15, 0.2) is 54.6 Å². The predicted octanol–water partition coefficient (Wildman–Crippen LogP) is 4.37. The molecule has 0 radical (unpaired) electrons. The molecule has 0 amide bonds. The van der Waals surface area contributed by atoms with E-state index < -0.39 is 6.10 Å². The van der Waals surface area contributed by atoms with Gasteiger partial charge >= 0.3 is 5.97 Å². The van der Waals surface area contributed by atoms with Crippen LogP contribution in [0.1, 0.15) is 71.6 Å². The highest BCUT2D eigenvalue weighted by Crippen LogP contribution is 2.51. The van der Waals surface area contributed by atoms with E-state index in [9.17, 15) is 4.79 Å². The molecular formula is C24H25N3O3. The zero-order valence-electron chi connectivity index (χ0n) is 17.2. The van der Waals surface area contributed by atoms with Crippen LogP contribution >= 0.6 is 0 Å². The Morgan fingerprint density at radius 2 is 1.93 bits per heavy atom. The molecule has 0 unspecified atom stereocenters. The maximum absolute atomic E-state index is 12.6. The lowest BCUT2D eigenvalue weighted by Gasteiger charge is -2.26. The van der Waals surface area contributed by atoms with Gasteiger partial charge in [-0.05, 0) is 42.0 Å². The molecule has 0 bridgehead atoms. The first-order chi connectivity index (χ1) is 14.6. The molecule has 0 saturated carbocycles. The van der Waals surface area contributed by atoms with Crippen LogP contribution in [0, 0.1) is 0 Å². The highest BCUT2D eigenvalue weighted by atomic mass is 16.6. The van der Waals surface area contributed by atoms with E-state index in [1.54, 1.807) is 12.1 Å². The van der Waals surface area contributed by atoms with Crippen molar-refractivity contribution in [3.05, 3.63) is 82.7 Å². The molecule has 6 heteroatoms. The number of benzene rings is 2. The van der Waals surface area contributed by atoms with E-state index in [1.165, 1.54) is 5.56 Å². The monoisotopic (exact) mass is 403 g/mol. The first-order valence-electron chi connectivity index (χ1n) is 10.5. The number of aromatic nitrogens is 3. The van der Waals surface area contributed by atoms with E-state index >= 15 is 0 Å². The van der Waals surface area contributed by atoms with Crippen LogP contribution in [0.2, 0.25) is 0 Å². The van der Waals surface area contributed by atoms with Gasteiger partial charge in [-0.3, -0.25) is 0 Å². The van der Waals surface area contributed by atoms with Crippen LogP contribution < -0.4 is 0 Å². The van der Waals surface area contributed by atoms with Crippen LogP contribution in [0.25, 0.3) is 0 Å². The molecule has 2 aliphatic rings. The van der Waals surface area contributed by atoms with E-state index in [2.05, 4.69) is 48.4 Å². The molecule has 2 atom stereocenters. The molecule has 1 aromatic heterocycles. The molecule has 0 N–H and O–H groups in total. The summed E-state index contributed by atoms with van der Waals surface area (Å²) < 4.78 is 13.6. The Bertz CT molecular complexity index is 1050. The SMILES string of the molecule is CC(C)c1ccc(Cn2nnc3c2[C@]2(CC[C@H]3OC(=O)c3ccccc3)CO2)cc1. The van der Waals surface area contributed by atoms with Gasteiger partial charge in [0.05, 0.1) is 18.7 Å². The Balaban J connectivity index is 1.40. The molecule has 154 valence electrons. The summed E-state index contributed by atoms with van der Waals surface area (Å²) in [5, 5.41) is 8.83. The molecule has 6 nitrogen and oxygen atoms in total. The Labute approximate surface area is 175 Å². The average molecular weight is 403 g/mol. The van der Waals surface area contributed by atoms with Crippen molar-refractivity contribution in [2.24, 2.45) is 0 Å². The van der Waals surface area contributed by atoms with Crippen molar-refractivity contribution in [3.63, 3.8) is 0 Å². The minimum atomic E-state index is -0.403. The minimum Gasteiger partial charge on any atom is -0.452 e. The summed E-state index contributed by atoms with van der Waals surface area (Å²) in [6.07, 6.45) is 1.08. The third-order valence-corrected chi connectivity index (χ3v) is 6.04. The Morgan fingerprint density at radius 1 is 1.20 bits per heavy atom. The van der Waals surface area contributed by atoms with Crippen LogP contribution in [0.5, 0.6) is 0 Å². The lowest BCUT2D eigenvalue weighted by molar-refractivity contribution is 0.0202. The molecule has 1 saturated heterocycles. The molecule has 30 heavy (non-hydrogen) atoms. The summed E-state index contributed by atoms with van der Waals surface area (Å²) in [6.45, 7) is 5.66. The molecule has 2 aromatic carbocycles. The van der Waals surface area contributed by atoms with Gasteiger partial charge in [-0.2, -0.15) is 0 Å². The minimum absolute atomic E-state index is 0.327. The quantitative estimate of drug-likeness (QED) is 0.467. The second kappa shape index (κ2) is 7.36. The van der Waals surface area contributed by atoms with Crippen molar-refractivity contribution in [2.75, 3.05) is 6.61 Å². The second-order valence-electron chi connectivity index (χ2n) is 8.46. The second-order valence-corrected chi connectivity index (χ2v) is 8.46. The molecule has 1 fully saturated rings. The van der Waals surface area contributed by atoms with Gasteiger partial charge in [0.15, 0.2) is 0 Å². The summed E-state index contributed by atoms with van der Waals surface area (Å²) in [5.41, 5.74) is 4.36. The number of nitrogens with zero attached hydrogens (tertiary/aromatic N) is 3. The average Bonchev–Trinajstić information content (AvgIpc) is 3.41. The molecule has 1 aliphatic heterocycles. The summed E-state index contributed by atoms with van der Waals surface area (Å²) in [4.78, 5) is 12.6. The fourth-order valence-electron chi connectivity index (χ4n) is 4.18. The fraction of sp³-hybridized carbons (Fsp3) is 0.375. The largest absolute Gasteiger partial charge is 0.452 e. The van der Waals surface area contributed by atoms with Gasteiger partial charge in [0.25, 0.3) is 0 Å². The number of carbonyl (C=O) groups is 1. The van der Waals surface area contributed by atoms with Gasteiger partial charge in [-0.25, -0.2) is 9.48 Å². The van der Waals surface area contributed by atoms with E-state index in [0.717, 1.165) is 23.4 Å². The molecule has 3 aromatic rings. The predicted molar refractivity (Wildman–Crippen MR) is 111 cm³/mol. The molecule has 1 spiro atoms. The summed E-state index contributed by atoms with van der Waals surface area (Å²) in [7, 11) is 0. The van der Waals surface area contributed by atoms with Gasteiger partial charge in [0.1, 0.15) is 23.1 Å². The summed E-state index contributed by atoms with van der Waals surface area (Å²) >= 11 is 0. The van der Waals surface area contributed by atoms with Gasteiger partial charge in [-0.15, -0.1) is 5.10 Å². The highest BCUT2D eigenvalue weighted by molar-refractivity contribution is 5.89. The van der Waals surface area contributed by atoms with Gasteiger partial charge in [-0.1, -0.05) is 61.5 Å². The van der Waals surface area contributed by atoms with Crippen molar-refractivity contribution in [3.8, 4) is 0 Å². The molecule has 1 aliphatic carbocycles. The number of fused-ring (bicyclic) bond motifs is 2. The molecular weight excluding hydrogens is 378 g/mol. The van der Waals surface area contributed by atoms with E-state index in [4.69, 9.17) is 9.47 Å². The number of carbonyl (C=O) groups excluding carboxylic acids is 1. The topological polar surface area (TPSA) is 69.5 Å².